The molecule has 3 rings (SSSR count). The van der Waals surface area contributed by atoms with Gasteiger partial charge in [0.1, 0.15) is 0 Å². The van der Waals surface area contributed by atoms with Crippen LogP contribution in [-0.2, 0) is 0 Å². The lowest BCUT2D eigenvalue weighted by Gasteiger charge is -2.01. The number of hydrogen-bond donors (Lipinski definition) is 1. The predicted molar refractivity (Wildman–Crippen MR) is 78.7 cm³/mol. The average molecular weight is 299 g/mol. The zero-order chi connectivity index (χ0) is 14.8. The molecule has 0 fully saturated rings. The molecule has 21 heavy (non-hydrogen) atoms. The number of nitrogens with zero attached hydrogens (tertiary/aromatic N) is 2. The van der Waals surface area contributed by atoms with Crippen molar-refractivity contribution in [2.24, 2.45) is 0 Å². The minimum Gasteiger partial charge on any atom is -0.333 e. The average Bonchev–Trinajstić information content (AvgIpc) is 2.89. The van der Waals surface area contributed by atoms with Crippen LogP contribution in [0.2, 0.25) is 0 Å². The molecule has 0 unspecified atom stereocenters. The van der Waals surface area contributed by atoms with Crippen LogP contribution in [0.1, 0.15) is 10.4 Å². The number of fused-ring (bicyclic) bond motifs is 1. The Hall–Kier alpha value is -2.67. The SMILES string of the molecule is O=Cc1cc([N+](=O)[O-])ccc1Sc1nc2ccccc2[nH]1. The van der Waals surface area contributed by atoms with Crippen molar-refractivity contribution in [2.75, 3.05) is 0 Å². The third-order valence-corrected chi connectivity index (χ3v) is 3.88. The van der Waals surface area contributed by atoms with E-state index in [1.165, 1.54) is 23.9 Å². The topological polar surface area (TPSA) is 88.9 Å². The van der Waals surface area contributed by atoms with Crippen LogP contribution in [0.5, 0.6) is 0 Å². The van der Waals surface area contributed by atoms with Gasteiger partial charge in [-0.3, -0.25) is 14.9 Å². The molecular weight excluding hydrogens is 290 g/mol. The first-order chi connectivity index (χ1) is 10.2. The Morgan fingerprint density at radius 1 is 1.24 bits per heavy atom. The van der Waals surface area contributed by atoms with Crippen molar-refractivity contribution in [3.63, 3.8) is 0 Å². The minimum absolute atomic E-state index is 0.106. The molecule has 2 aromatic carbocycles. The second-order valence-electron chi connectivity index (χ2n) is 4.26. The van der Waals surface area contributed by atoms with E-state index in [-0.39, 0.29) is 11.3 Å². The number of aromatic amines is 1. The Kier molecular flexibility index (Phi) is 3.41. The molecule has 104 valence electrons. The number of H-pyrrole nitrogens is 1. The van der Waals surface area contributed by atoms with E-state index >= 15 is 0 Å². The molecule has 0 amide bonds. The Labute approximate surface area is 123 Å². The first-order valence-electron chi connectivity index (χ1n) is 6.03. The molecule has 3 aromatic rings. The van der Waals surface area contributed by atoms with E-state index in [2.05, 4.69) is 9.97 Å². The van der Waals surface area contributed by atoms with Gasteiger partial charge in [-0.15, -0.1) is 0 Å². The van der Waals surface area contributed by atoms with Gasteiger partial charge in [0.25, 0.3) is 5.69 Å². The number of rotatable bonds is 4. The summed E-state index contributed by atoms with van der Waals surface area (Å²) in [7, 11) is 0. The van der Waals surface area contributed by atoms with Crippen LogP contribution in [0.3, 0.4) is 0 Å². The number of nitro groups is 1. The number of imidazole rings is 1. The summed E-state index contributed by atoms with van der Waals surface area (Å²) in [6.07, 6.45) is 0.609. The van der Waals surface area contributed by atoms with Gasteiger partial charge in [-0.1, -0.05) is 23.9 Å². The highest BCUT2D eigenvalue weighted by molar-refractivity contribution is 7.99. The molecule has 0 radical (unpaired) electrons. The summed E-state index contributed by atoms with van der Waals surface area (Å²) in [5.74, 6) is 0. The second-order valence-corrected chi connectivity index (χ2v) is 5.29. The lowest BCUT2D eigenvalue weighted by molar-refractivity contribution is -0.384. The molecule has 6 nitrogen and oxygen atoms in total. The van der Waals surface area contributed by atoms with Gasteiger partial charge in [0.15, 0.2) is 11.4 Å². The summed E-state index contributed by atoms with van der Waals surface area (Å²) in [5.41, 5.74) is 1.89. The summed E-state index contributed by atoms with van der Waals surface area (Å²) >= 11 is 1.26. The van der Waals surface area contributed by atoms with Crippen molar-refractivity contribution in [2.45, 2.75) is 10.1 Å². The Bertz CT molecular complexity index is 811. The highest BCUT2D eigenvalue weighted by Gasteiger charge is 2.13. The Balaban J connectivity index is 1.97. The third kappa shape index (κ3) is 2.63. The lowest BCUT2D eigenvalue weighted by Crippen LogP contribution is -1.92. The summed E-state index contributed by atoms with van der Waals surface area (Å²) in [6, 6.07) is 11.8. The van der Waals surface area contributed by atoms with E-state index < -0.39 is 4.92 Å². The number of nitro benzene ring substituents is 1. The largest absolute Gasteiger partial charge is 0.333 e. The van der Waals surface area contributed by atoms with Gasteiger partial charge in [-0.25, -0.2) is 4.98 Å². The molecule has 0 saturated carbocycles. The molecular formula is C14H9N3O3S. The maximum absolute atomic E-state index is 11.1. The standard InChI is InChI=1S/C14H9N3O3S/c18-8-9-7-10(17(19)20)5-6-13(9)21-14-15-11-3-1-2-4-12(11)16-14/h1-8H,(H,15,16). The zero-order valence-corrected chi connectivity index (χ0v) is 11.5. The molecule has 0 atom stereocenters. The molecule has 1 N–H and O–H groups in total. The monoisotopic (exact) mass is 299 g/mol. The molecule has 0 aliphatic rings. The van der Waals surface area contributed by atoms with Crippen LogP contribution in [0.15, 0.2) is 52.5 Å². The van der Waals surface area contributed by atoms with Crippen molar-refractivity contribution >= 4 is 34.8 Å². The molecule has 0 bridgehead atoms. The van der Waals surface area contributed by atoms with Crippen LogP contribution in [0, 0.1) is 10.1 Å². The van der Waals surface area contributed by atoms with Crippen LogP contribution >= 0.6 is 11.8 Å². The van der Waals surface area contributed by atoms with Gasteiger partial charge in [0.05, 0.1) is 16.0 Å². The second kappa shape index (κ2) is 5.37. The predicted octanol–water partition coefficient (Wildman–Crippen LogP) is 3.43. The summed E-state index contributed by atoms with van der Waals surface area (Å²) in [5, 5.41) is 11.4. The van der Waals surface area contributed by atoms with E-state index in [0.29, 0.717) is 16.3 Å². The lowest BCUT2D eigenvalue weighted by atomic mass is 10.2. The number of aromatic nitrogens is 2. The van der Waals surface area contributed by atoms with Crippen molar-refractivity contribution in [3.8, 4) is 0 Å². The van der Waals surface area contributed by atoms with Gasteiger partial charge < -0.3 is 4.98 Å². The number of carbonyl (C=O) groups excluding carboxylic acids is 1. The van der Waals surface area contributed by atoms with Gasteiger partial charge in [-0.05, 0) is 18.2 Å². The highest BCUT2D eigenvalue weighted by atomic mass is 32.2. The van der Waals surface area contributed by atoms with E-state index in [0.717, 1.165) is 11.0 Å². The van der Waals surface area contributed by atoms with Crippen molar-refractivity contribution in [1.29, 1.82) is 0 Å². The van der Waals surface area contributed by atoms with E-state index in [1.54, 1.807) is 6.07 Å². The normalized spacial score (nSPS) is 10.7. The van der Waals surface area contributed by atoms with Crippen molar-refractivity contribution < 1.29 is 9.72 Å². The van der Waals surface area contributed by atoms with E-state index in [1.807, 2.05) is 24.3 Å². The highest BCUT2D eigenvalue weighted by Crippen LogP contribution is 2.31. The zero-order valence-electron chi connectivity index (χ0n) is 10.6. The smallest absolute Gasteiger partial charge is 0.270 e. The van der Waals surface area contributed by atoms with Crippen molar-refractivity contribution in [3.05, 3.63) is 58.1 Å². The van der Waals surface area contributed by atoms with Crippen LogP contribution in [0.4, 0.5) is 5.69 Å². The Morgan fingerprint density at radius 3 is 2.76 bits per heavy atom. The van der Waals surface area contributed by atoms with Gasteiger partial charge in [0, 0.05) is 22.6 Å². The molecule has 0 saturated heterocycles. The van der Waals surface area contributed by atoms with E-state index in [4.69, 9.17) is 0 Å². The molecule has 0 spiro atoms. The van der Waals surface area contributed by atoms with Crippen LogP contribution in [0.25, 0.3) is 11.0 Å². The van der Waals surface area contributed by atoms with E-state index in [9.17, 15) is 14.9 Å². The maximum atomic E-state index is 11.1. The Morgan fingerprint density at radius 2 is 2.05 bits per heavy atom. The van der Waals surface area contributed by atoms with Crippen LogP contribution in [-0.4, -0.2) is 21.2 Å². The van der Waals surface area contributed by atoms with Crippen LogP contribution < -0.4 is 0 Å². The van der Waals surface area contributed by atoms with Gasteiger partial charge in [-0.2, -0.15) is 0 Å². The molecule has 1 aromatic heterocycles. The van der Waals surface area contributed by atoms with Gasteiger partial charge in [0.2, 0.25) is 0 Å². The number of hydrogen-bond acceptors (Lipinski definition) is 5. The molecule has 7 heteroatoms. The number of non-ortho nitro benzene ring substituents is 1. The van der Waals surface area contributed by atoms with Gasteiger partial charge >= 0.3 is 0 Å². The number of carbonyl (C=O) groups is 1. The molecule has 0 aliphatic carbocycles. The van der Waals surface area contributed by atoms with Crippen molar-refractivity contribution in [1.82, 2.24) is 9.97 Å². The summed E-state index contributed by atoms with van der Waals surface area (Å²) in [4.78, 5) is 29.4. The third-order valence-electron chi connectivity index (χ3n) is 2.91. The number of benzene rings is 2. The summed E-state index contributed by atoms with van der Waals surface area (Å²) < 4.78 is 0. The molecule has 1 heterocycles. The fourth-order valence-electron chi connectivity index (χ4n) is 1.92. The molecule has 0 aliphatic heterocycles. The fraction of sp³-hybridized carbons (Fsp3) is 0. The summed E-state index contributed by atoms with van der Waals surface area (Å²) in [6.45, 7) is 0. The quantitative estimate of drug-likeness (QED) is 0.453. The minimum atomic E-state index is -0.525. The number of para-hydroxylation sites is 2. The number of aldehydes is 1. The first-order valence-corrected chi connectivity index (χ1v) is 6.85. The maximum Gasteiger partial charge on any atom is 0.270 e. The first kappa shape index (κ1) is 13.3. The fourth-order valence-corrected chi connectivity index (χ4v) is 2.79. The number of nitrogens with one attached hydrogen (secondary N) is 1.